The van der Waals surface area contributed by atoms with Crippen LogP contribution < -0.4 is 10.3 Å². The van der Waals surface area contributed by atoms with Gasteiger partial charge < -0.3 is 4.74 Å². The minimum Gasteiger partial charge on any atom is -0.497 e. The smallest absolute Gasteiger partial charge is 0.280 e. The van der Waals surface area contributed by atoms with Gasteiger partial charge in [0.25, 0.3) is 5.56 Å². The molecule has 0 aliphatic rings. The van der Waals surface area contributed by atoms with Crippen LogP contribution >= 0.6 is 0 Å². The number of H-pyrrole nitrogens is 1. The Balaban J connectivity index is 1.90. The molecule has 0 fully saturated rings. The number of aromatic nitrogens is 2. The summed E-state index contributed by atoms with van der Waals surface area (Å²) in [5.74, 6) is 0.737. The van der Waals surface area contributed by atoms with Gasteiger partial charge in [0.15, 0.2) is 0 Å². The highest BCUT2D eigenvalue weighted by atomic mass is 16.5. The second-order valence-electron chi connectivity index (χ2n) is 7.25. The predicted molar refractivity (Wildman–Crippen MR) is 126 cm³/mol. The zero-order valence-corrected chi connectivity index (χ0v) is 17.9. The molecule has 1 heterocycles. The maximum Gasteiger partial charge on any atom is 0.280 e. The second-order valence-corrected chi connectivity index (χ2v) is 7.25. The van der Waals surface area contributed by atoms with E-state index in [1.165, 1.54) is 0 Å². The topological polar surface area (TPSA) is 59.4 Å². The largest absolute Gasteiger partial charge is 0.497 e. The Hall–Kier alpha value is -3.86. The van der Waals surface area contributed by atoms with Crippen molar-refractivity contribution in [1.82, 2.24) is 9.78 Å². The third kappa shape index (κ3) is 4.08. The average Bonchev–Trinajstić information content (AvgIpc) is 3.17. The summed E-state index contributed by atoms with van der Waals surface area (Å²) in [5.41, 5.74) is 5.54. The summed E-state index contributed by atoms with van der Waals surface area (Å²) in [6.45, 7) is 3.99. The molecule has 1 aromatic heterocycles. The standard InChI is InChI=1S/C26H25N3O2/c1-4-19-10-8-9-13-23(19)27-18(2)24-25(20-11-6-5-7-12-20)28-29(26(24)30)21-14-16-22(31-3)17-15-21/h5-17,28H,4H2,1-3H3. The van der Waals surface area contributed by atoms with E-state index in [1.54, 1.807) is 11.8 Å². The van der Waals surface area contributed by atoms with Gasteiger partial charge in [-0.2, -0.15) is 0 Å². The molecule has 5 heteroatoms. The molecular formula is C26H25N3O2. The molecule has 31 heavy (non-hydrogen) atoms. The number of ether oxygens (including phenoxy) is 1. The summed E-state index contributed by atoms with van der Waals surface area (Å²) >= 11 is 0. The number of aryl methyl sites for hydroxylation is 1. The van der Waals surface area contributed by atoms with Crippen molar-refractivity contribution < 1.29 is 4.74 Å². The monoisotopic (exact) mass is 411 g/mol. The van der Waals surface area contributed by atoms with Crippen LogP contribution in [-0.4, -0.2) is 22.6 Å². The summed E-state index contributed by atoms with van der Waals surface area (Å²) in [6, 6.07) is 25.3. The molecule has 0 bridgehead atoms. The van der Waals surface area contributed by atoms with Crippen LogP contribution in [0.5, 0.6) is 5.75 Å². The van der Waals surface area contributed by atoms with Crippen LogP contribution in [0.1, 0.15) is 25.0 Å². The molecule has 0 amide bonds. The summed E-state index contributed by atoms with van der Waals surface area (Å²) < 4.78 is 6.80. The van der Waals surface area contributed by atoms with E-state index in [0.717, 1.165) is 40.4 Å². The molecule has 5 nitrogen and oxygen atoms in total. The molecule has 0 spiro atoms. The van der Waals surface area contributed by atoms with Gasteiger partial charge in [-0.3, -0.25) is 14.9 Å². The van der Waals surface area contributed by atoms with Crippen LogP contribution in [0.25, 0.3) is 16.9 Å². The maximum atomic E-state index is 13.5. The van der Waals surface area contributed by atoms with E-state index in [2.05, 4.69) is 18.1 Å². The number of benzene rings is 3. The first-order valence-corrected chi connectivity index (χ1v) is 10.3. The van der Waals surface area contributed by atoms with E-state index >= 15 is 0 Å². The molecular weight excluding hydrogens is 386 g/mol. The normalized spacial score (nSPS) is 11.5. The van der Waals surface area contributed by atoms with Crippen LogP contribution in [-0.2, 0) is 6.42 Å². The van der Waals surface area contributed by atoms with Gasteiger partial charge in [0.2, 0.25) is 0 Å². The molecule has 0 radical (unpaired) electrons. The van der Waals surface area contributed by atoms with Crippen LogP contribution in [0.4, 0.5) is 5.69 Å². The zero-order chi connectivity index (χ0) is 21.8. The Morgan fingerprint density at radius 2 is 1.65 bits per heavy atom. The van der Waals surface area contributed by atoms with Crippen molar-refractivity contribution in [2.24, 2.45) is 4.99 Å². The van der Waals surface area contributed by atoms with E-state index in [0.29, 0.717) is 11.3 Å². The minimum atomic E-state index is -0.140. The Kier molecular flexibility index (Phi) is 5.85. The number of aliphatic imine (C=N–C) groups is 1. The Bertz CT molecular complexity index is 1270. The summed E-state index contributed by atoms with van der Waals surface area (Å²) in [4.78, 5) is 18.4. The lowest BCUT2D eigenvalue weighted by Crippen LogP contribution is -2.19. The van der Waals surface area contributed by atoms with Crippen molar-refractivity contribution >= 4 is 11.4 Å². The van der Waals surface area contributed by atoms with E-state index in [9.17, 15) is 4.79 Å². The highest BCUT2D eigenvalue weighted by Crippen LogP contribution is 2.25. The van der Waals surface area contributed by atoms with Crippen molar-refractivity contribution in [2.45, 2.75) is 20.3 Å². The number of nitrogens with zero attached hydrogens (tertiary/aromatic N) is 2. The summed E-state index contributed by atoms with van der Waals surface area (Å²) in [7, 11) is 1.62. The molecule has 4 rings (SSSR count). The van der Waals surface area contributed by atoms with Crippen LogP contribution in [0.3, 0.4) is 0 Å². The van der Waals surface area contributed by atoms with E-state index < -0.39 is 0 Å². The molecule has 4 aromatic rings. The SMILES string of the molecule is CCc1ccccc1N=C(C)c1c(-c2ccccc2)[nH]n(-c2ccc(OC)cc2)c1=O. The average molecular weight is 412 g/mol. The van der Waals surface area contributed by atoms with Crippen molar-refractivity contribution in [2.75, 3.05) is 7.11 Å². The van der Waals surface area contributed by atoms with Crippen molar-refractivity contribution in [3.05, 3.63) is 100 Å². The van der Waals surface area contributed by atoms with Gasteiger partial charge in [-0.25, -0.2) is 4.68 Å². The number of para-hydroxylation sites is 1. The number of aromatic amines is 1. The van der Waals surface area contributed by atoms with Crippen LogP contribution in [0.2, 0.25) is 0 Å². The fourth-order valence-electron chi connectivity index (χ4n) is 3.66. The molecule has 0 atom stereocenters. The lowest BCUT2D eigenvalue weighted by Gasteiger charge is -2.05. The third-order valence-corrected chi connectivity index (χ3v) is 5.31. The lowest BCUT2D eigenvalue weighted by molar-refractivity contribution is 0.414. The predicted octanol–water partition coefficient (Wildman–Crippen LogP) is 5.54. The highest BCUT2D eigenvalue weighted by Gasteiger charge is 2.19. The van der Waals surface area contributed by atoms with Crippen molar-refractivity contribution in [1.29, 1.82) is 0 Å². The quantitative estimate of drug-likeness (QED) is 0.423. The van der Waals surface area contributed by atoms with E-state index in [1.807, 2.05) is 79.7 Å². The molecule has 0 unspecified atom stereocenters. The fourth-order valence-corrected chi connectivity index (χ4v) is 3.66. The zero-order valence-electron chi connectivity index (χ0n) is 17.9. The number of hydrogen-bond donors (Lipinski definition) is 1. The van der Waals surface area contributed by atoms with Crippen molar-refractivity contribution in [3.63, 3.8) is 0 Å². The Morgan fingerprint density at radius 3 is 2.32 bits per heavy atom. The third-order valence-electron chi connectivity index (χ3n) is 5.31. The first-order chi connectivity index (χ1) is 15.1. The molecule has 0 saturated heterocycles. The van der Waals surface area contributed by atoms with Gasteiger partial charge in [0, 0.05) is 5.56 Å². The minimum absolute atomic E-state index is 0.140. The fraction of sp³-hybridized carbons (Fsp3) is 0.154. The van der Waals surface area contributed by atoms with Crippen molar-refractivity contribution in [3.8, 4) is 22.7 Å². The van der Waals surface area contributed by atoms with Crippen LogP contribution in [0, 0.1) is 0 Å². The van der Waals surface area contributed by atoms with Gasteiger partial charge in [-0.15, -0.1) is 0 Å². The van der Waals surface area contributed by atoms with Crippen LogP contribution in [0.15, 0.2) is 88.6 Å². The van der Waals surface area contributed by atoms with Gasteiger partial charge in [0.05, 0.1) is 35.5 Å². The molecule has 1 N–H and O–H groups in total. The van der Waals surface area contributed by atoms with Gasteiger partial charge in [-0.1, -0.05) is 55.5 Å². The second kappa shape index (κ2) is 8.88. The van der Waals surface area contributed by atoms with E-state index in [4.69, 9.17) is 9.73 Å². The molecule has 3 aromatic carbocycles. The lowest BCUT2D eigenvalue weighted by atomic mass is 10.0. The molecule has 0 saturated carbocycles. The number of methoxy groups -OCH3 is 1. The highest BCUT2D eigenvalue weighted by molar-refractivity contribution is 6.04. The summed E-state index contributed by atoms with van der Waals surface area (Å²) in [6.07, 6.45) is 0.877. The molecule has 0 aliphatic heterocycles. The number of rotatable bonds is 6. The van der Waals surface area contributed by atoms with E-state index in [-0.39, 0.29) is 5.56 Å². The first-order valence-electron chi connectivity index (χ1n) is 10.3. The van der Waals surface area contributed by atoms with Gasteiger partial charge in [-0.05, 0) is 49.2 Å². The molecule has 156 valence electrons. The summed E-state index contributed by atoms with van der Waals surface area (Å²) in [5, 5.41) is 3.30. The first kappa shape index (κ1) is 20.4. The number of nitrogens with one attached hydrogen (secondary N) is 1. The molecule has 0 aliphatic carbocycles. The number of hydrogen-bond acceptors (Lipinski definition) is 3. The maximum absolute atomic E-state index is 13.5. The Morgan fingerprint density at radius 1 is 0.968 bits per heavy atom. The van der Waals surface area contributed by atoms with Gasteiger partial charge >= 0.3 is 0 Å². The van der Waals surface area contributed by atoms with Gasteiger partial charge in [0.1, 0.15) is 5.75 Å². The Labute approximate surface area is 181 Å².